The van der Waals surface area contributed by atoms with Crippen molar-refractivity contribution in [2.24, 2.45) is 5.92 Å². The Morgan fingerprint density at radius 1 is 1.19 bits per heavy atom. The molecule has 1 aromatic rings. The van der Waals surface area contributed by atoms with Crippen LogP contribution in [0.3, 0.4) is 0 Å². The van der Waals surface area contributed by atoms with E-state index in [0.717, 1.165) is 18.4 Å². The SMILES string of the molecule is CC(C)CCC(O)Cc1cc(Cl)ccc1Cl. The number of aliphatic hydroxyl groups is 1. The third-order valence-electron chi connectivity index (χ3n) is 2.54. The number of hydrogen-bond acceptors (Lipinski definition) is 1. The summed E-state index contributed by atoms with van der Waals surface area (Å²) in [5.74, 6) is 0.615. The first-order valence-corrected chi connectivity index (χ1v) is 6.36. The summed E-state index contributed by atoms with van der Waals surface area (Å²) in [5.41, 5.74) is 0.922. The molecule has 0 fully saturated rings. The van der Waals surface area contributed by atoms with Crippen molar-refractivity contribution in [2.75, 3.05) is 0 Å². The van der Waals surface area contributed by atoms with Crippen molar-refractivity contribution in [1.29, 1.82) is 0 Å². The molecule has 0 heterocycles. The maximum atomic E-state index is 9.87. The Hall–Kier alpha value is -0.240. The fraction of sp³-hybridized carbons (Fsp3) is 0.538. The second kappa shape index (κ2) is 6.48. The molecule has 1 N–H and O–H groups in total. The molecule has 0 aliphatic heterocycles. The lowest BCUT2D eigenvalue weighted by Crippen LogP contribution is -2.11. The van der Waals surface area contributed by atoms with E-state index in [9.17, 15) is 5.11 Å². The van der Waals surface area contributed by atoms with Crippen LogP contribution >= 0.6 is 23.2 Å². The maximum Gasteiger partial charge on any atom is 0.0581 e. The van der Waals surface area contributed by atoms with Gasteiger partial charge in [0.15, 0.2) is 0 Å². The van der Waals surface area contributed by atoms with Crippen LogP contribution < -0.4 is 0 Å². The lowest BCUT2D eigenvalue weighted by Gasteiger charge is -2.13. The van der Waals surface area contributed by atoms with E-state index in [-0.39, 0.29) is 6.10 Å². The highest BCUT2D eigenvalue weighted by atomic mass is 35.5. The predicted octanol–water partition coefficient (Wildman–Crippen LogP) is 4.33. The van der Waals surface area contributed by atoms with E-state index in [1.165, 1.54) is 0 Å². The monoisotopic (exact) mass is 260 g/mol. The van der Waals surface area contributed by atoms with Crippen molar-refractivity contribution in [1.82, 2.24) is 0 Å². The number of aliphatic hydroxyl groups excluding tert-OH is 1. The molecule has 0 spiro atoms. The average molecular weight is 261 g/mol. The summed E-state index contributed by atoms with van der Waals surface area (Å²) in [5, 5.41) is 11.2. The molecule has 0 aliphatic carbocycles. The minimum Gasteiger partial charge on any atom is -0.393 e. The van der Waals surface area contributed by atoms with Gasteiger partial charge in [0.05, 0.1) is 6.10 Å². The van der Waals surface area contributed by atoms with Gasteiger partial charge in [0, 0.05) is 10.0 Å². The van der Waals surface area contributed by atoms with Gasteiger partial charge in [-0.2, -0.15) is 0 Å². The zero-order valence-corrected chi connectivity index (χ0v) is 11.2. The lowest BCUT2D eigenvalue weighted by atomic mass is 10.00. The quantitative estimate of drug-likeness (QED) is 0.836. The van der Waals surface area contributed by atoms with E-state index in [1.807, 2.05) is 6.07 Å². The number of hydrogen-bond donors (Lipinski definition) is 1. The first kappa shape index (κ1) is 13.8. The summed E-state index contributed by atoms with van der Waals surface area (Å²) >= 11 is 11.9. The summed E-state index contributed by atoms with van der Waals surface area (Å²) in [6.45, 7) is 4.30. The van der Waals surface area contributed by atoms with Gasteiger partial charge in [-0.3, -0.25) is 0 Å². The first-order valence-electron chi connectivity index (χ1n) is 5.61. The van der Waals surface area contributed by atoms with Gasteiger partial charge in [-0.1, -0.05) is 37.0 Å². The molecule has 16 heavy (non-hydrogen) atoms. The van der Waals surface area contributed by atoms with E-state index in [1.54, 1.807) is 12.1 Å². The van der Waals surface area contributed by atoms with Crippen LogP contribution in [0.15, 0.2) is 18.2 Å². The van der Waals surface area contributed by atoms with Gasteiger partial charge >= 0.3 is 0 Å². The minimum absolute atomic E-state index is 0.335. The standard InChI is InChI=1S/C13H18Cl2O/c1-9(2)3-5-12(16)8-10-7-11(14)4-6-13(10)15/h4,6-7,9,12,16H,3,5,8H2,1-2H3. The van der Waals surface area contributed by atoms with Crippen molar-refractivity contribution in [2.45, 2.75) is 39.2 Å². The van der Waals surface area contributed by atoms with E-state index < -0.39 is 0 Å². The fourth-order valence-corrected chi connectivity index (χ4v) is 1.97. The zero-order chi connectivity index (χ0) is 12.1. The Morgan fingerprint density at radius 3 is 2.50 bits per heavy atom. The first-order chi connectivity index (χ1) is 7.49. The van der Waals surface area contributed by atoms with Crippen LogP contribution in [-0.4, -0.2) is 11.2 Å². The van der Waals surface area contributed by atoms with Crippen LogP contribution in [-0.2, 0) is 6.42 Å². The van der Waals surface area contributed by atoms with E-state index in [2.05, 4.69) is 13.8 Å². The Labute approximate surface area is 107 Å². The van der Waals surface area contributed by atoms with E-state index in [4.69, 9.17) is 23.2 Å². The molecule has 0 radical (unpaired) electrons. The topological polar surface area (TPSA) is 20.2 Å². The summed E-state index contributed by atoms with van der Waals surface area (Å²) in [6.07, 6.45) is 2.07. The van der Waals surface area contributed by atoms with Crippen LogP contribution in [0.2, 0.25) is 10.0 Å². The van der Waals surface area contributed by atoms with Crippen molar-refractivity contribution in [3.05, 3.63) is 33.8 Å². The normalized spacial score (nSPS) is 13.1. The summed E-state index contributed by atoms with van der Waals surface area (Å²) in [4.78, 5) is 0. The Kier molecular flexibility index (Phi) is 5.60. The molecule has 90 valence electrons. The van der Waals surface area contributed by atoms with Crippen LogP contribution in [0.1, 0.15) is 32.3 Å². The van der Waals surface area contributed by atoms with Gasteiger partial charge in [-0.25, -0.2) is 0 Å². The Morgan fingerprint density at radius 2 is 1.88 bits per heavy atom. The van der Waals surface area contributed by atoms with E-state index >= 15 is 0 Å². The highest BCUT2D eigenvalue weighted by molar-refractivity contribution is 6.33. The molecule has 1 rings (SSSR count). The minimum atomic E-state index is -0.335. The molecular formula is C13H18Cl2O. The molecule has 1 atom stereocenters. The fourth-order valence-electron chi connectivity index (χ4n) is 1.58. The van der Waals surface area contributed by atoms with Crippen LogP contribution in [0, 0.1) is 5.92 Å². The second-order valence-corrected chi connectivity index (χ2v) is 5.41. The molecule has 1 aromatic carbocycles. The van der Waals surface area contributed by atoms with Crippen LogP contribution in [0.25, 0.3) is 0 Å². The third kappa shape index (κ3) is 4.73. The largest absolute Gasteiger partial charge is 0.393 e. The lowest BCUT2D eigenvalue weighted by molar-refractivity contribution is 0.157. The second-order valence-electron chi connectivity index (χ2n) is 4.56. The molecule has 0 amide bonds. The van der Waals surface area contributed by atoms with Gasteiger partial charge in [0.25, 0.3) is 0 Å². The number of benzene rings is 1. The Bertz CT molecular complexity index is 337. The summed E-state index contributed by atoms with van der Waals surface area (Å²) in [6, 6.07) is 5.35. The van der Waals surface area contributed by atoms with Gasteiger partial charge in [-0.15, -0.1) is 0 Å². The predicted molar refractivity (Wildman–Crippen MR) is 70.2 cm³/mol. The average Bonchev–Trinajstić information content (AvgIpc) is 2.20. The summed E-state index contributed by atoms with van der Waals surface area (Å²) in [7, 11) is 0. The van der Waals surface area contributed by atoms with Gasteiger partial charge in [0.2, 0.25) is 0 Å². The smallest absolute Gasteiger partial charge is 0.0581 e. The van der Waals surface area contributed by atoms with Crippen LogP contribution in [0.5, 0.6) is 0 Å². The molecule has 0 aliphatic rings. The molecule has 1 unspecified atom stereocenters. The highest BCUT2D eigenvalue weighted by Crippen LogP contribution is 2.23. The van der Waals surface area contributed by atoms with Crippen molar-refractivity contribution in [3.8, 4) is 0 Å². The molecule has 0 saturated carbocycles. The van der Waals surface area contributed by atoms with Gasteiger partial charge < -0.3 is 5.11 Å². The maximum absolute atomic E-state index is 9.87. The van der Waals surface area contributed by atoms with Gasteiger partial charge in [0.1, 0.15) is 0 Å². The zero-order valence-electron chi connectivity index (χ0n) is 9.71. The Balaban J connectivity index is 2.55. The third-order valence-corrected chi connectivity index (χ3v) is 3.14. The molecule has 1 nitrogen and oxygen atoms in total. The van der Waals surface area contributed by atoms with E-state index in [0.29, 0.717) is 22.4 Å². The molecule has 3 heteroatoms. The van der Waals surface area contributed by atoms with Crippen LogP contribution in [0.4, 0.5) is 0 Å². The number of halogens is 2. The molecule has 0 aromatic heterocycles. The van der Waals surface area contributed by atoms with Crippen molar-refractivity contribution >= 4 is 23.2 Å². The highest BCUT2D eigenvalue weighted by Gasteiger charge is 2.09. The molecule has 0 saturated heterocycles. The molecule has 0 bridgehead atoms. The van der Waals surface area contributed by atoms with Crippen molar-refractivity contribution < 1.29 is 5.11 Å². The van der Waals surface area contributed by atoms with Crippen molar-refractivity contribution in [3.63, 3.8) is 0 Å². The molecular weight excluding hydrogens is 243 g/mol. The summed E-state index contributed by atoms with van der Waals surface area (Å²) < 4.78 is 0. The van der Waals surface area contributed by atoms with Gasteiger partial charge in [-0.05, 0) is 48.9 Å². The number of rotatable bonds is 5.